The molecule has 0 aliphatic carbocycles. The molecule has 1 unspecified atom stereocenters. The topological polar surface area (TPSA) is 0 Å². The first-order valence-electron chi connectivity index (χ1n) is 7.42. The van der Waals surface area contributed by atoms with E-state index in [9.17, 15) is 0 Å². The monoisotopic (exact) mass is 256 g/mol. The van der Waals surface area contributed by atoms with Crippen molar-refractivity contribution in [1.82, 2.24) is 0 Å². The third-order valence-electron chi connectivity index (χ3n) is 3.39. The van der Waals surface area contributed by atoms with Crippen molar-refractivity contribution >= 4 is 0 Å². The molecule has 0 saturated heterocycles. The molecule has 0 aromatic heterocycles. The van der Waals surface area contributed by atoms with Crippen LogP contribution in [0.2, 0.25) is 0 Å². The lowest BCUT2D eigenvalue weighted by atomic mass is 9.97. The van der Waals surface area contributed by atoms with Crippen molar-refractivity contribution in [2.45, 2.75) is 53.4 Å². The first-order chi connectivity index (χ1) is 9.08. The van der Waals surface area contributed by atoms with E-state index in [1.807, 2.05) is 0 Å². The number of hydrogen-bond donors (Lipinski definition) is 0. The van der Waals surface area contributed by atoms with Gasteiger partial charge in [-0.2, -0.15) is 0 Å². The first kappa shape index (κ1) is 15.8. The van der Waals surface area contributed by atoms with Crippen LogP contribution in [0, 0.1) is 5.92 Å². The lowest BCUT2D eigenvalue weighted by molar-refractivity contribution is 0.640. The number of benzene rings is 1. The van der Waals surface area contributed by atoms with Crippen LogP contribution in [0.1, 0.15) is 52.5 Å². The Kier molecular flexibility index (Phi) is 7.25. The zero-order valence-corrected chi connectivity index (χ0v) is 12.9. The van der Waals surface area contributed by atoms with Gasteiger partial charge in [0.05, 0.1) is 0 Å². The molecule has 0 nitrogen and oxygen atoms in total. The molecule has 0 spiro atoms. The standard InChI is InChI=1S/C19H28/c1-16(2)9-8-10-17(3)15-18(4)13-14-19-11-6-5-7-12-19/h5-7,9,11-12,15,18H,8,10,13-14H2,1-4H3/b17-15+. The van der Waals surface area contributed by atoms with Gasteiger partial charge < -0.3 is 0 Å². The highest BCUT2D eigenvalue weighted by molar-refractivity contribution is 5.15. The Hall–Kier alpha value is -1.30. The fraction of sp³-hybridized carbons (Fsp3) is 0.474. The van der Waals surface area contributed by atoms with Gasteiger partial charge >= 0.3 is 0 Å². The Morgan fingerprint density at radius 2 is 1.79 bits per heavy atom. The molecule has 0 heterocycles. The molecule has 0 heteroatoms. The molecule has 0 saturated carbocycles. The van der Waals surface area contributed by atoms with Crippen molar-refractivity contribution in [3.8, 4) is 0 Å². The van der Waals surface area contributed by atoms with Crippen LogP contribution >= 0.6 is 0 Å². The van der Waals surface area contributed by atoms with E-state index in [2.05, 4.69) is 70.2 Å². The summed E-state index contributed by atoms with van der Waals surface area (Å²) >= 11 is 0. The molecular formula is C19H28. The van der Waals surface area contributed by atoms with Crippen LogP contribution in [0.15, 0.2) is 53.6 Å². The molecule has 1 atom stereocenters. The normalized spacial score (nSPS) is 13.2. The maximum atomic E-state index is 2.45. The van der Waals surface area contributed by atoms with E-state index in [-0.39, 0.29) is 0 Å². The maximum absolute atomic E-state index is 2.45. The Balaban J connectivity index is 2.33. The molecule has 0 amide bonds. The maximum Gasteiger partial charge on any atom is -0.0256 e. The highest BCUT2D eigenvalue weighted by Gasteiger charge is 2.00. The van der Waals surface area contributed by atoms with Crippen LogP contribution in [-0.2, 0) is 6.42 Å². The number of aryl methyl sites for hydroxylation is 1. The summed E-state index contributed by atoms with van der Waals surface area (Å²) in [5.74, 6) is 0.673. The van der Waals surface area contributed by atoms with Crippen LogP contribution in [0.5, 0.6) is 0 Å². The largest absolute Gasteiger partial charge is 0.0856 e. The second kappa shape index (κ2) is 8.74. The molecule has 1 aromatic rings. The molecule has 0 aliphatic rings. The van der Waals surface area contributed by atoms with Gasteiger partial charge in [-0.25, -0.2) is 0 Å². The Bertz CT molecular complexity index is 405. The predicted octanol–water partition coefficient (Wildman–Crippen LogP) is 5.95. The fourth-order valence-corrected chi connectivity index (χ4v) is 2.28. The van der Waals surface area contributed by atoms with Crippen molar-refractivity contribution in [2.75, 3.05) is 0 Å². The highest BCUT2D eigenvalue weighted by atomic mass is 14.1. The van der Waals surface area contributed by atoms with Gasteiger partial charge in [-0.3, -0.25) is 0 Å². The van der Waals surface area contributed by atoms with Gasteiger partial charge in [-0.05, 0) is 57.9 Å². The summed E-state index contributed by atoms with van der Waals surface area (Å²) in [6.45, 7) is 8.92. The van der Waals surface area contributed by atoms with E-state index < -0.39 is 0 Å². The van der Waals surface area contributed by atoms with Crippen LogP contribution < -0.4 is 0 Å². The molecule has 0 fully saturated rings. The average Bonchev–Trinajstić information content (AvgIpc) is 2.37. The average molecular weight is 256 g/mol. The van der Waals surface area contributed by atoms with E-state index in [0.717, 1.165) is 0 Å². The van der Waals surface area contributed by atoms with Gasteiger partial charge in [0.1, 0.15) is 0 Å². The van der Waals surface area contributed by atoms with Gasteiger partial charge in [0.2, 0.25) is 0 Å². The van der Waals surface area contributed by atoms with E-state index in [1.165, 1.54) is 42.4 Å². The summed E-state index contributed by atoms with van der Waals surface area (Å²) < 4.78 is 0. The summed E-state index contributed by atoms with van der Waals surface area (Å²) in [6, 6.07) is 10.8. The lowest BCUT2D eigenvalue weighted by Gasteiger charge is -2.08. The van der Waals surface area contributed by atoms with E-state index in [0.29, 0.717) is 5.92 Å². The Morgan fingerprint density at radius 3 is 2.42 bits per heavy atom. The molecule has 0 N–H and O–H groups in total. The summed E-state index contributed by atoms with van der Waals surface area (Å²) in [4.78, 5) is 0. The van der Waals surface area contributed by atoms with Gasteiger partial charge in [0.25, 0.3) is 0 Å². The van der Waals surface area contributed by atoms with E-state index in [1.54, 1.807) is 0 Å². The number of allylic oxidation sites excluding steroid dienone is 4. The molecule has 1 rings (SSSR count). The zero-order valence-electron chi connectivity index (χ0n) is 12.9. The van der Waals surface area contributed by atoms with E-state index >= 15 is 0 Å². The summed E-state index contributed by atoms with van der Waals surface area (Å²) in [5.41, 5.74) is 4.40. The van der Waals surface area contributed by atoms with E-state index in [4.69, 9.17) is 0 Å². The summed E-state index contributed by atoms with van der Waals surface area (Å²) in [5, 5.41) is 0. The number of rotatable bonds is 7. The number of hydrogen-bond acceptors (Lipinski definition) is 0. The summed E-state index contributed by atoms with van der Waals surface area (Å²) in [6.07, 6.45) is 9.56. The molecule has 0 aliphatic heterocycles. The van der Waals surface area contributed by atoms with Crippen LogP contribution in [-0.4, -0.2) is 0 Å². The van der Waals surface area contributed by atoms with Crippen molar-refractivity contribution < 1.29 is 0 Å². The second-order valence-electron chi connectivity index (χ2n) is 5.83. The fourth-order valence-electron chi connectivity index (χ4n) is 2.28. The van der Waals surface area contributed by atoms with Gasteiger partial charge in [0.15, 0.2) is 0 Å². The van der Waals surface area contributed by atoms with Gasteiger partial charge in [-0.15, -0.1) is 0 Å². The Labute approximate surface area is 119 Å². The van der Waals surface area contributed by atoms with Crippen LogP contribution in [0.3, 0.4) is 0 Å². The minimum absolute atomic E-state index is 0.673. The minimum atomic E-state index is 0.673. The van der Waals surface area contributed by atoms with Crippen LogP contribution in [0.25, 0.3) is 0 Å². The SMILES string of the molecule is CC(C)=CCC/C(C)=C/C(C)CCc1ccccc1. The predicted molar refractivity (Wildman–Crippen MR) is 86.3 cm³/mol. The quantitative estimate of drug-likeness (QED) is 0.529. The molecular weight excluding hydrogens is 228 g/mol. The molecule has 104 valence electrons. The van der Waals surface area contributed by atoms with Crippen LogP contribution in [0.4, 0.5) is 0 Å². The highest BCUT2D eigenvalue weighted by Crippen LogP contribution is 2.15. The minimum Gasteiger partial charge on any atom is -0.0856 e. The lowest BCUT2D eigenvalue weighted by Crippen LogP contribution is -1.95. The summed E-state index contributed by atoms with van der Waals surface area (Å²) in [7, 11) is 0. The molecule has 0 bridgehead atoms. The van der Waals surface area contributed by atoms with Gasteiger partial charge in [0, 0.05) is 0 Å². The van der Waals surface area contributed by atoms with Crippen molar-refractivity contribution in [1.29, 1.82) is 0 Å². The Morgan fingerprint density at radius 1 is 1.11 bits per heavy atom. The third-order valence-corrected chi connectivity index (χ3v) is 3.39. The van der Waals surface area contributed by atoms with Crippen molar-refractivity contribution in [3.63, 3.8) is 0 Å². The zero-order chi connectivity index (χ0) is 14.1. The molecule has 1 aromatic carbocycles. The first-order valence-corrected chi connectivity index (χ1v) is 7.42. The molecule has 0 radical (unpaired) electrons. The van der Waals surface area contributed by atoms with Crippen molar-refractivity contribution in [3.05, 3.63) is 59.2 Å². The van der Waals surface area contributed by atoms with Crippen molar-refractivity contribution in [2.24, 2.45) is 5.92 Å². The van der Waals surface area contributed by atoms with Gasteiger partial charge in [-0.1, -0.05) is 60.6 Å². The third kappa shape index (κ3) is 7.66. The molecule has 19 heavy (non-hydrogen) atoms. The smallest absolute Gasteiger partial charge is 0.0256 e. The second-order valence-corrected chi connectivity index (χ2v) is 5.83.